The first-order valence-electron chi connectivity index (χ1n) is 5.03. The number of rotatable bonds is 1. The van der Waals surface area contributed by atoms with Crippen LogP contribution in [0.3, 0.4) is 0 Å². The molecule has 0 saturated carbocycles. The van der Waals surface area contributed by atoms with Crippen LogP contribution in [0.4, 0.5) is 0 Å². The molecule has 0 bridgehead atoms. The quantitative estimate of drug-likeness (QED) is 0.261. The summed E-state index contributed by atoms with van der Waals surface area (Å²) in [6.07, 6.45) is 0. The molecule has 0 spiro atoms. The number of carboxylic acids is 4. The Bertz CT molecular complexity index is 203. The van der Waals surface area contributed by atoms with Crippen LogP contribution in [0.25, 0.3) is 0 Å². The van der Waals surface area contributed by atoms with Gasteiger partial charge in [-0.25, -0.2) is 0 Å². The normalized spacial score (nSPS) is 5.65. The van der Waals surface area contributed by atoms with E-state index in [0.717, 1.165) is 27.7 Å². The molecule has 140 valence electrons. The van der Waals surface area contributed by atoms with Gasteiger partial charge in [0.2, 0.25) is 0 Å². The molecule has 0 amide bonds. The predicted molar refractivity (Wildman–Crippen MR) is 82.1 cm³/mol. The van der Waals surface area contributed by atoms with E-state index in [-0.39, 0.29) is 52.1 Å². The van der Waals surface area contributed by atoms with Gasteiger partial charge in [0.05, 0.1) is 0 Å². The molecule has 0 aromatic heterocycles. The van der Waals surface area contributed by atoms with Gasteiger partial charge in [-0.15, -0.1) is 0 Å². The Morgan fingerprint density at radius 2 is 0.696 bits per heavy atom. The van der Waals surface area contributed by atoms with Crippen LogP contribution < -0.4 is 11.5 Å². The maximum atomic E-state index is 9.00. The zero-order valence-electron chi connectivity index (χ0n) is 12.8. The third-order valence-corrected chi connectivity index (χ3v) is 0.167. The molecule has 0 radical (unpaired) electrons. The molecule has 0 atom stereocenters. The second-order valence-electron chi connectivity index (χ2n) is 2.65. The Kier molecular flexibility index (Phi) is 107. The van der Waals surface area contributed by atoms with E-state index in [1.807, 2.05) is 0 Å². The standard InChI is InChI=1S/C2H8N2.4C2H4O2.Fe.Na.H2O.H/c3-1-2-4;4*1-2(3)4;;;;/h1-4H2;4*1H3,(H,3,4);;;1H2;. The first-order valence-corrected chi connectivity index (χ1v) is 5.03. The van der Waals surface area contributed by atoms with Crippen molar-refractivity contribution in [3.63, 3.8) is 0 Å². The van der Waals surface area contributed by atoms with Gasteiger partial charge in [0.25, 0.3) is 23.9 Å². The number of nitrogens with two attached hydrogens (primary N) is 2. The summed E-state index contributed by atoms with van der Waals surface area (Å²) in [6.45, 7) is 5.53. The molecule has 10 N–H and O–H groups in total. The molecule has 0 saturated heterocycles. The van der Waals surface area contributed by atoms with Gasteiger partial charge in [0, 0.05) is 57.9 Å². The van der Waals surface area contributed by atoms with Crippen LogP contribution in [0.15, 0.2) is 0 Å². The molecule has 0 rings (SSSR count). The first kappa shape index (κ1) is 49.5. The van der Waals surface area contributed by atoms with E-state index in [0.29, 0.717) is 13.1 Å². The van der Waals surface area contributed by atoms with Gasteiger partial charge in [-0.3, -0.25) is 19.2 Å². The Hall–Kier alpha value is -0.721. The van der Waals surface area contributed by atoms with Crippen molar-refractivity contribution in [1.82, 2.24) is 0 Å². The molecule has 0 aromatic carbocycles. The van der Waals surface area contributed by atoms with Crippen molar-refractivity contribution in [1.29, 1.82) is 0 Å². The summed E-state index contributed by atoms with van der Waals surface area (Å²) >= 11 is 0. The van der Waals surface area contributed by atoms with Gasteiger partial charge in [0.1, 0.15) is 0 Å². The van der Waals surface area contributed by atoms with Crippen LogP contribution in [0.1, 0.15) is 27.7 Å². The third kappa shape index (κ3) is 101000. The van der Waals surface area contributed by atoms with Gasteiger partial charge in [-0.1, -0.05) is 0 Å². The van der Waals surface area contributed by atoms with E-state index < -0.39 is 23.9 Å². The summed E-state index contributed by atoms with van der Waals surface area (Å²) in [6, 6.07) is 0. The molecule has 0 aliphatic carbocycles. The number of hydrogen-bond acceptors (Lipinski definition) is 6. The van der Waals surface area contributed by atoms with Crippen molar-refractivity contribution in [2.75, 3.05) is 13.1 Å². The number of carboxylic acid groups (broad SMARTS) is 4. The Labute approximate surface area is 167 Å². The number of hydrogen-bond donors (Lipinski definition) is 6. The fourth-order valence-electron chi connectivity index (χ4n) is 0. The fraction of sp³-hybridized carbons (Fsp3) is 0.600. The summed E-state index contributed by atoms with van der Waals surface area (Å²) in [4.78, 5) is 36.0. The Balaban J connectivity index is -0.0000000197. The van der Waals surface area contributed by atoms with Crippen molar-refractivity contribution in [2.45, 2.75) is 27.7 Å². The Morgan fingerprint density at radius 3 is 0.696 bits per heavy atom. The monoisotopic (exact) mass is 398 g/mol. The van der Waals surface area contributed by atoms with Gasteiger partial charge in [-0.05, 0) is 0 Å². The molecule has 0 unspecified atom stereocenters. The number of carbonyl (C=O) groups is 4. The average molecular weight is 398 g/mol. The molecule has 0 aromatic rings. The summed E-state index contributed by atoms with van der Waals surface area (Å²) < 4.78 is 0. The van der Waals surface area contributed by atoms with Crippen molar-refractivity contribution in [3.8, 4) is 0 Å². The molecular formula is C10H27FeN2NaO9. The van der Waals surface area contributed by atoms with Crippen molar-refractivity contribution in [3.05, 3.63) is 0 Å². The van der Waals surface area contributed by atoms with Crippen LogP contribution >= 0.6 is 0 Å². The van der Waals surface area contributed by atoms with Gasteiger partial charge in [-0.2, -0.15) is 0 Å². The minimum absolute atomic E-state index is 0. The molecule has 13 heteroatoms. The van der Waals surface area contributed by atoms with Crippen LogP contribution in [-0.4, -0.2) is 92.4 Å². The average Bonchev–Trinajstić information content (AvgIpc) is 2.13. The SMILES string of the molecule is CC(=O)O.CC(=O)O.CC(=O)O.CC(=O)O.NCCN.O.[Fe].[NaH]. The van der Waals surface area contributed by atoms with Crippen molar-refractivity contribution < 1.29 is 62.1 Å². The molecule has 0 aliphatic rings. The number of aliphatic carboxylic acids is 4. The molecule has 11 nitrogen and oxygen atoms in total. The minimum atomic E-state index is -0.833. The van der Waals surface area contributed by atoms with Gasteiger partial charge < -0.3 is 37.4 Å². The third-order valence-electron chi connectivity index (χ3n) is 0.167. The van der Waals surface area contributed by atoms with Crippen LogP contribution in [-0.2, 0) is 36.2 Å². The van der Waals surface area contributed by atoms with E-state index in [4.69, 9.17) is 51.1 Å². The van der Waals surface area contributed by atoms with Crippen LogP contribution in [0.5, 0.6) is 0 Å². The van der Waals surface area contributed by atoms with Crippen LogP contribution in [0.2, 0.25) is 0 Å². The van der Waals surface area contributed by atoms with E-state index >= 15 is 0 Å². The van der Waals surface area contributed by atoms with E-state index in [1.165, 1.54) is 0 Å². The summed E-state index contributed by atoms with van der Waals surface area (Å²) in [5.74, 6) is -3.33. The summed E-state index contributed by atoms with van der Waals surface area (Å²) in [5.41, 5.74) is 9.81. The van der Waals surface area contributed by atoms with E-state index in [9.17, 15) is 0 Å². The zero-order chi connectivity index (χ0) is 17.7. The zero-order valence-corrected chi connectivity index (χ0v) is 13.9. The second-order valence-corrected chi connectivity index (χ2v) is 2.65. The molecule has 0 aliphatic heterocycles. The van der Waals surface area contributed by atoms with Crippen LogP contribution in [0, 0.1) is 0 Å². The molecule has 0 fully saturated rings. The second kappa shape index (κ2) is 49.6. The fourth-order valence-corrected chi connectivity index (χ4v) is 0. The first-order chi connectivity index (χ1) is 8.84. The maximum absolute atomic E-state index is 9.00. The van der Waals surface area contributed by atoms with Crippen molar-refractivity contribution >= 4 is 53.4 Å². The van der Waals surface area contributed by atoms with E-state index in [2.05, 4.69) is 0 Å². The summed E-state index contributed by atoms with van der Waals surface area (Å²) in [7, 11) is 0. The topological polar surface area (TPSA) is 233 Å². The van der Waals surface area contributed by atoms with E-state index in [1.54, 1.807) is 0 Å². The predicted octanol–water partition coefficient (Wildman–Crippen LogP) is -2.21. The van der Waals surface area contributed by atoms with Gasteiger partial charge >= 0.3 is 29.6 Å². The van der Waals surface area contributed by atoms with Crippen molar-refractivity contribution in [2.24, 2.45) is 11.5 Å². The molecule has 0 heterocycles. The molecule has 23 heavy (non-hydrogen) atoms. The van der Waals surface area contributed by atoms with Gasteiger partial charge in [0.15, 0.2) is 0 Å². The Morgan fingerprint density at radius 1 is 0.652 bits per heavy atom. The molecular weight excluding hydrogens is 371 g/mol. The summed E-state index contributed by atoms with van der Waals surface area (Å²) in [5, 5.41) is 29.7.